The summed E-state index contributed by atoms with van der Waals surface area (Å²) >= 11 is 0. The smallest absolute Gasteiger partial charge is 0.126 e. The van der Waals surface area contributed by atoms with Crippen LogP contribution in [0.25, 0.3) is 38.8 Å². The lowest BCUT2D eigenvalue weighted by Gasteiger charge is -2.08. The van der Waals surface area contributed by atoms with Gasteiger partial charge < -0.3 is 10.1 Å². The van der Waals surface area contributed by atoms with Crippen molar-refractivity contribution >= 4 is 27.6 Å². The number of fused-ring (bicyclic) bond motifs is 2. The van der Waals surface area contributed by atoms with Crippen LogP contribution < -0.4 is 5.32 Å². The Labute approximate surface area is 180 Å². The van der Waals surface area contributed by atoms with E-state index in [4.69, 9.17) is 9.84 Å². The van der Waals surface area contributed by atoms with Gasteiger partial charge in [0.15, 0.2) is 0 Å². The van der Waals surface area contributed by atoms with Gasteiger partial charge in [-0.3, -0.25) is 4.68 Å². The molecule has 0 aliphatic rings. The maximum atomic E-state index is 5.08. The SMILES string of the molecule is COCCNc1ccc(-n2nc(-c3cccc4nn(C)cc34)c3cccc(C)c32)cn1. The molecule has 5 rings (SSSR count). The summed E-state index contributed by atoms with van der Waals surface area (Å²) in [5.74, 6) is 0.814. The zero-order valence-corrected chi connectivity index (χ0v) is 17.8. The molecule has 1 N–H and O–H groups in total. The number of aromatic nitrogens is 5. The van der Waals surface area contributed by atoms with Crippen LogP contribution in [0.3, 0.4) is 0 Å². The summed E-state index contributed by atoms with van der Waals surface area (Å²) in [4.78, 5) is 4.56. The number of benzene rings is 2. The average Bonchev–Trinajstić information content (AvgIpc) is 3.35. The maximum Gasteiger partial charge on any atom is 0.126 e. The molecule has 3 aromatic heterocycles. The average molecular weight is 412 g/mol. The molecule has 7 heteroatoms. The van der Waals surface area contributed by atoms with Crippen LogP contribution in [0.15, 0.2) is 60.9 Å². The Morgan fingerprint density at radius 1 is 1.00 bits per heavy atom. The molecule has 156 valence electrons. The molecule has 3 heterocycles. The second-order valence-electron chi connectivity index (χ2n) is 7.59. The van der Waals surface area contributed by atoms with Gasteiger partial charge in [0, 0.05) is 43.2 Å². The van der Waals surface area contributed by atoms with Crippen molar-refractivity contribution in [2.45, 2.75) is 6.92 Å². The molecule has 0 bridgehead atoms. The number of methoxy groups -OCH3 is 1. The van der Waals surface area contributed by atoms with Crippen molar-refractivity contribution in [3.05, 3.63) is 66.5 Å². The molecule has 0 saturated carbocycles. The number of para-hydroxylation sites is 1. The van der Waals surface area contributed by atoms with Crippen molar-refractivity contribution in [3.63, 3.8) is 0 Å². The lowest BCUT2D eigenvalue weighted by Crippen LogP contribution is -2.09. The van der Waals surface area contributed by atoms with Crippen LogP contribution in [0.4, 0.5) is 5.82 Å². The zero-order valence-electron chi connectivity index (χ0n) is 17.8. The minimum Gasteiger partial charge on any atom is -0.383 e. The monoisotopic (exact) mass is 412 g/mol. The fourth-order valence-electron chi connectivity index (χ4n) is 3.99. The molecule has 7 nitrogen and oxygen atoms in total. The molecule has 0 aliphatic heterocycles. The molecule has 2 aromatic carbocycles. The van der Waals surface area contributed by atoms with Crippen LogP contribution in [0.2, 0.25) is 0 Å². The highest BCUT2D eigenvalue weighted by Crippen LogP contribution is 2.35. The maximum absolute atomic E-state index is 5.08. The highest BCUT2D eigenvalue weighted by molar-refractivity contribution is 6.03. The van der Waals surface area contributed by atoms with Crippen LogP contribution >= 0.6 is 0 Å². The van der Waals surface area contributed by atoms with Crippen molar-refractivity contribution in [1.82, 2.24) is 24.5 Å². The summed E-state index contributed by atoms with van der Waals surface area (Å²) in [6, 6.07) is 16.5. The Hall–Kier alpha value is -3.71. The van der Waals surface area contributed by atoms with Crippen LogP contribution in [0.1, 0.15) is 5.56 Å². The summed E-state index contributed by atoms with van der Waals surface area (Å²) < 4.78 is 8.92. The van der Waals surface area contributed by atoms with Gasteiger partial charge in [-0.05, 0) is 30.7 Å². The number of hydrogen-bond donors (Lipinski definition) is 1. The van der Waals surface area contributed by atoms with Crippen LogP contribution in [0, 0.1) is 6.92 Å². The normalized spacial score (nSPS) is 11.5. The quantitative estimate of drug-likeness (QED) is 0.420. The molecule has 0 amide bonds. The minimum absolute atomic E-state index is 0.635. The number of aryl methyl sites for hydroxylation is 2. The Kier molecular flexibility index (Phi) is 4.88. The fourth-order valence-corrected chi connectivity index (χ4v) is 3.99. The van der Waals surface area contributed by atoms with E-state index in [1.54, 1.807) is 7.11 Å². The summed E-state index contributed by atoms with van der Waals surface area (Å²) in [5, 5.41) is 15.1. The largest absolute Gasteiger partial charge is 0.383 e. The number of anilines is 1. The zero-order chi connectivity index (χ0) is 21.4. The van der Waals surface area contributed by atoms with E-state index in [1.165, 1.54) is 0 Å². The number of pyridine rings is 1. The van der Waals surface area contributed by atoms with Crippen molar-refractivity contribution in [1.29, 1.82) is 0 Å². The first-order valence-corrected chi connectivity index (χ1v) is 10.3. The standard InChI is InChI=1S/C24H24N6O/c1-16-6-4-8-19-23(18-7-5-9-21-20(18)15-29(2)27-21)28-30(24(16)19)17-10-11-22(26-14-17)25-12-13-31-3/h4-11,14-15H,12-13H2,1-3H3,(H,25,26). The third-order valence-electron chi connectivity index (χ3n) is 5.43. The summed E-state index contributed by atoms with van der Waals surface area (Å²) in [5.41, 5.74) is 6.15. The predicted octanol–water partition coefficient (Wildman–Crippen LogP) is 4.34. The van der Waals surface area contributed by atoms with Gasteiger partial charge in [0.25, 0.3) is 0 Å². The molecule has 0 spiro atoms. The van der Waals surface area contributed by atoms with Crippen molar-refractivity contribution < 1.29 is 4.74 Å². The van der Waals surface area contributed by atoms with Gasteiger partial charge in [-0.15, -0.1) is 0 Å². The Morgan fingerprint density at radius 2 is 1.87 bits per heavy atom. The van der Waals surface area contributed by atoms with Crippen LogP contribution in [-0.2, 0) is 11.8 Å². The molecule has 0 atom stereocenters. The second kappa shape index (κ2) is 7.85. The Balaban J connectivity index is 1.65. The molecule has 5 aromatic rings. The predicted molar refractivity (Wildman–Crippen MR) is 124 cm³/mol. The highest BCUT2D eigenvalue weighted by atomic mass is 16.5. The molecule has 0 fully saturated rings. The van der Waals surface area contributed by atoms with E-state index in [0.717, 1.165) is 50.1 Å². The number of rotatable bonds is 6. The second-order valence-corrected chi connectivity index (χ2v) is 7.59. The molecule has 0 saturated heterocycles. The van der Waals surface area contributed by atoms with E-state index < -0.39 is 0 Å². The lowest BCUT2D eigenvalue weighted by atomic mass is 10.0. The Morgan fingerprint density at radius 3 is 2.68 bits per heavy atom. The highest BCUT2D eigenvalue weighted by Gasteiger charge is 2.18. The van der Waals surface area contributed by atoms with Gasteiger partial charge in [0.05, 0.1) is 29.5 Å². The van der Waals surface area contributed by atoms with Crippen LogP contribution in [-0.4, -0.2) is 44.8 Å². The first kappa shape index (κ1) is 19.3. The fraction of sp³-hybridized carbons (Fsp3) is 0.208. The number of ether oxygens (including phenoxy) is 1. The first-order valence-electron chi connectivity index (χ1n) is 10.3. The molecular formula is C24H24N6O. The lowest BCUT2D eigenvalue weighted by molar-refractivity contribution is 0.210. The third kappa shape index (κ3) is 3.43. The molecule has 0 unspecified atom stereocenters. The van der Waals surface area contributed by atoms with Crippen molar-refractivity contribution in [2.75, 3.05) is 25.6 Å². The van der Waals surface area contributed by atoms with E-state index in [9.17, 15) is 0 Å². The van der Waals surface area contributed by atoms with Gasteiger partial charge in [-0.2, -0.15) is 10.2 Å². The number of nitrogens with one attached hydrogen (secondary N) is 1. The number of nitrogens with zero attached hydrogens (tertiary/aromatic N) is 5. The van der Waals surface area contributed by atoms with E-state index >= 15 is 0 Å². The number of hydrogen-bond acceptors (Lipinski definition) is 5. The van der Waals surface area contributed by atoms with E-state index in [2.05, 4.69) is 46.6 Å². The first-order chi connectivity index (χ1) is 15.2. The van der Waals surface area contributed by atoms with E-state index in [1.807, 2.05) is 53.1 Å². The van der Waals surface area contributed by atoms with Gasteiger partial charge in [0.1, 0.15) is 11.5 Å². The molecule has 31 heavy (non-hydrogen) atoms. The summed E-state index contributed by atoms with van der Waals surface area (Å²) in [7, 11) is 3.63. The summed E-state index contributed by atoms with van der Waals surface area (Å²) in [6.07, 6.45) is 3.90. The van der Waals surface area contributed by atoms with E-state index in [0.29, 0.717) is 13.2 Å². The Bertz CT molecular complexity index is 1370. The van der Waals surface area contributed by atoms with Crippen LogP contribution in [0.5, 0.6) is 0 Å². The molecular weight excluding hydrogens is 388 g/mol. The van der Waals surface area contributed by atoms with Gasteiger partial charge >= 0.3 is 0 Å². The van der Waals surface area contributed by atoms with Gasteiger partial charge in [0.2, 0.25) is 0 Å². The minimum atomic E-state index is 0.635. The molecule has 0 aliphatic carbocycles. The van der Waals surface area contributed by atoms with Gasteiger partial charge in [-0.1, -0.05) is 30.3 Å². The van der Waals surface area contributed by atoms with Crippen molar-refractivity contribution in [3.8, 4) is 16.9 Å². The topological polar surface area (TPSA) is 69.8 Å². The van der Waals surface area contributed by atoms with Gasteiger partial charge in [-0.25, -0.2) is 9.67 Å². The third-order valence-corrected chi connectivity index (χ3v) is 5.43. The van der Waals surface area contributed by atoms with E-state index in [-0.39, 0.29) is 0 Å². The molecule has 0 radical (unpaired) electrons. The summed E-state index contributed by atoms with van der Waals surface area (Å²) in [6.45, 7) is 3.46. The van der Waals surface area contributed by atoms with Crippen molar-refractivity contribution in [2.24, 2.45) is 7.05 Å².